The van der Waals surface area contributed by atoms with Gasteiger partial charge < -0.3 is 15.5 Å². The maximum absolute atomic E-state index is 12.8. The second kappa shape index (κ2) is 13.1. The molecule has 12 heteroatoms. The number of fused-ring (bicyclic) bond motifs is 1. The highest BCUT2D eigenvalue weighted by molar-refractivity contribution is 7.99. The number of piperidine rings is 1. The highest BCUT2D eigenvalue weighted by Crippen LogP contribution is 2.29. The molecule has 3 N–H and O–H groups in total. The standard InChI is InChI=1S/C30H37N9O2S/c1-21-18-27(35-34-21)32-29-25-6-5-15-39(25)36-30(33-29)42-24-9-7-23(8-10-24)31-28(41)20-38-16-11-22(19-38)26(40)12-17-37-13-3-2-4-14-37/h5-10,15,18,22H,2-4,11-14,16-17,19-20H2,1H3,(H,31,41)(H2,32,33,34,35,36). The van der Waals surface area contributed by atoms with E-state index >= 15 is 0 Å². The van der Waals surface area contributed by atoms with Crippen molar-refractivity contribution in [2.24, 2.45) is 5.92 Å². The average Bonchev–Trinajstić information content (AvgIpc) is 3.75. The van der Waals surface area contributed by atoms with Crippen molar-refractivity contribution >= 4 is 46.3 Å². The van der Waals surface area contributed by atoms with Crippen LogP contribution in [0.25, 0.3) is 5.52 Å². The van der Waals surface area contributed by atoms with Crippen LogP contribution in [0.5, 0.6) is 0 Å². The van der Waals surface area contributed by atoms with Crippen molar-refractivity contribution in [1.29, 1.82) is 0 Å². The molecule has 2 saturated heterocycles. The number of carbonyl (C=O) groups excluding carboxylic acids is 2. The number of hydrogen-bond donors (Lipinski definition) is 3. The summed E-state index contributed by atoms with van der Waals surface area (Å²) >= 11 is 1.44. The SMILES string of the molecule is Cc1cc(Nc2nc(Sc3ccc(NC(=O)CN4CCC(C(=O)CCN5CCCCC5)C4)cc3)nn3cccc23)n[nH]1. The first-order valence-electron chi connectivity index (χ1n) is 14.7. The van der Waals surface area contributed by atoms with Gasteiger partial charge >= 0.3 is 0 Å². The third kappa shape index (κ3) is 7.18. The van der Waals surface area contributed by atoms with Crippen molar-refractivity contribution < 1.29 is 9.59 Å². The molecule has 2 aliphatic heterocycles. The number of aromatic amines is 1. The van der Waals surface area contributed by atoms with Crippen LogP contribution in [0.1, 0.15) is 37.8 Å². The fraction of sp³-hybridized carbons (Fsp3) is 0.433. The third-order valence-corrected chi connectivity index (χ3v) is 8.75. The largest absolute Gasteiger partial charge is 0.325 e. The smallest absolute Gasteiger partial charge is 0.238 e. The van der Waals surface area contributed by atoms with E-state index in [0.717, 1.165) is 54.4 Å². The summed E-state index contributed by atoms with van der Waals surface area (Å²) in [6.45, 7) is 6.80. The van der Waals surface area contributed by atoms with Gasteiger partial charge in [-0.15, -0.1) is 5.10 Å². The van der Waals surface area contributed by atoms with Gasteiger partial charge in [0, 0.05) is 54.0 Å². The molecule has 1 atom stereocenters. The van der Waals surface area contributed by atoms with Gasteiger partial charge in [0.1, 0.15) is 11.3 Å². The number of H-pyrrole nitrogens is 1. The minimum Gasteiger partial charge on any atom is -0.325 e. The Morgan fingerprint density at radius 1 is 1.07 bits per heavy atom. The fourth-order valence-corrected chi connectivity index (χ4v) is 6.41. The number of aromatic nitrogens is 5. The van der Waals surface area contributed by atoms with Crippen molar-refractivity contribution in [1.82, 2.24) is 34.6 Å². The average molecular weight is 588 g/mol. The molecule has 1 amide bonds. The van der Waals surface area contributed by atoms with Crippen LogP contribution < -0.4 is 10.6 Å². The molecule has 0 saturated carbocycles. The lowest BCUT2D eigenvalue weighted by molar-refractivity contribution is -0.123. The summed E-state index contributed by atoms with van der Waals surface area (Å²) in [7, 11) is 0. The van der Waals surface area contributed by atoms with Crippen molar-refractivity contribution in [3.63, 3.8) is 0 Å². The topological polar surface area (TPSA) is 124 Å². The summed E-state index contributed by atoms with van der Waals surface area (Å²) in [6, 6.07) is 13.5. The second-order valence-corrected chi connectivity index (χ2v) is 12.2. The summed E-state index contributed by atoms with van der Waals surface area (Å²) in [6.07, 6.45) is 7.14. The van der Waals surface area contributed by atoms with Crippen LogP contribution in [0.2, 0.25) is 0 Å². The van der Waals surface area contributed by atoms with E-state index in [-0.39, 0.29) is 11.8 Å². The van der Waals surface area contributed by atoms with E-state index in [0.29, 0.717) is 42.1 Å². The van der Waals surface area contributed by atoms with Crippen LogP contribution in [0.3, 0.4) is 0 Å². The molecule has 1 aromatic carbocycles. The predicted molar refractivity (Wildman–Crippen MR) is 163 cm³/mol. The molecule has 11 nitrogen and oxygen atoms in total. The third-order valence-electron chi connectivity index (χ3n) is 7.89. The van der Waals surface area contributed by atoms with Gasteiger partial charge in [-0.3, -0.25) is 19.6 Å². The van der Waals surface area contributed by atoms with Gasteiger partial charge in [-0.25, -0.2) is 9.50 Å². The van der Waals surface area contributed by atoms with E-state index in [1.807, 2.05) is 55.6 Å². The number of nitrogens with one attached hydrogen (secondary N) is 3. The highest BCUT2D eigenvalue weighted by Gasteiger charge is 2.29. The Kier molecular flexibility index (Phi) is 8.82. The molecule has 220 valence electrons. The first-order chi connectivity index (χ1) is 20.5. The Labute approximate surface area is 249 Å². The molecule has 1 unspecified atom stereocenters. The molecule has 2 aliphatic rings. The van der Waals surface area contributed by atoms with Gasteiger partial charge in [0.15, 0.2) is 11.6 Å². The van der Waals surface area contributed by atoms with Crippen molar-refractivity contribution in [3.05, 3.63) is 54.4 Å². The zero-order chi connectivity index (χ0) is 28.9. The summed E-state index contributed by atoms with van der Waals surface area (Å²) in [5.41, 5.74) is 2.54. The Morgan fingerprint density at radius 3 is 2.69 bits per heavy atom. The van der Waals surface area contributed by atoms with Gasteiger partial charge in [0.2, 0.25) is 11.1 Å². The number of aryl methyl sites for hydroxylation is 1. The molecule has 0 spiro atoms. The van der Waals surface area contributed by atoms with Crippen LogP contribution in [0, 0.1) is 12.8 Å². The first-order valence-corrected chi connectivity index (χ1v) is 15.5. The van der Waals surface area contributed by atoms with Crippen LogP contribution in [-0.2, 0) is 9.59 Å². The Balaban J connectivity index is 0.991. The minimum absolute atomic E-state index is 0.0472. The number of benzene rings is 1. The Bertz CT molecular complexity index is 1530. The predicted octanol–water partition coefficient (Wildman–Crippen LogP) is 4.36. The summed E-state index contributed by atoms with van der Waals surface area (Å²) in [5, 5.41) is 18.6. The molecular formula is C30H37N9O2S. The molecule has 4 aromatic rings. The number of rotatable bonds is 11. The Morgan fingerprint density at radius 2 is 1.90 bits per heavy atom. The zero-order valence-corrected chi connectivity index (χ0v) is 24.7. The van der Waals surface area contributed by atoms with E-state index < -0.39 is 0 Å². The van der Waals surface area contributed by atoms with E-state index in [2.05, 4.69) is 35.7 Å². The number of hydrogen-bond acceptors (Lipinski definition) is 9. The van der Waals surface area contributed by atoms with Crippen LogP contribution in [0.4, 0.5) is 17.3 Å². The maximum Gasteiger partial charge on any atom is 0.238 e. The molecule has 2 fully saturated rings. The van der Waals surface area contributed by atoms with Crippen molar-refractivity contribution in [2.75, 3.05) is 49.9 Å². The molecule has 5 heterocycles. The van der Waals surface area contributed by atoms with Gasteiger partial charge in [-0.05, 0) is 94.0 Å². The molecular weight excluding hydrogens is 550 g/mol. The highest BCUT2D eigenvalue weighted by atomic mass is 32.2. The summed E-state index contributed by atoms with van der Waals surface area (Å²) in [4.78, 5) is 35.7. The number of ketones is 1. The van der Waals surface area contributed by atoms with Crippen molar-refractivity contribution in [2.45, 2.75) is 49.1 Å². The first kappa shape index (κ1) is 28.4. The lowest BCUT2D eigenvalue weighted by atomic mass is 10.0. The number of anilines is 3. The van der Waals surface area contributed by atoms with E-state index in [1.54, 1.807) is 4.52 Å². The molecule has 0 radical (unpaired) electrons. The lowest BCUT2D eigenvalue weighted by Crippen LogP contribution is -2.34. The Hall–Kier alpha value is -3.74. The van der Waals surface area contributed by atoms with Gasteiger partial charge in [-0.2, -0.15) is 5.10 Å². The van der Waals surface area contributed by atoms with Gasteiger partial charge in [-0.1, -0.05) is 6.42 Å². The molecule has 6 rings (SSSR count). The van der Waals surface area contributed by atoms with Crippen LogP contribution >= 0.6 is 11.8 Å². The summed E-state index contributed by atoms with van der Waals surface area (Å²) < 4.78 is 1.79. The van der Waals surface area contributed by atoms with E-state index in [1.165, 1.54) is 31.0 Å². The lowest BCUT2D eigenvalue weighted by Gasteiger charge is -2.26. The molecule has 3 aromatic heterocycles. The molecule has 42 heavy (non-hydrogen) atoms. The zero-order valence-electron chi connectivity index (χ0n) is 23.9. The van der Waals surface area contributed by atoms with E-state index in [9.17, 15) is 9.59 Å². The maximum atomic E-state index is 12.8. The van der Waals surface area contributed by atoms with Gasteiger partial charge in [0.25, 0.3) is 0 Å². The summed E-state index contributed by atoms with van der Waals surface area (Å²) in [5.74, 6) is 1.68. The van der Waals surface area contributed by atoms with E-state index in [4.69, 9.17) is 4.98 Å². The van der Waals surface area contributed by atoms with Crippen LogP contribution in [0.15, 0.2) is 58.7 Å². The quantitative estimate of drug-likeness (QED) is 0.235. The number of amides is 1. The van der Waals surface area contributed by atoms with Gasteiger partial charge in [0.05, 0.1) is 6.54 Å². The minimum atomic E-state index is -0.0671. The second-order valence-electron chi connectivity index (χ2n) is 11.2. The van der Waals surface area contributed by atoms with Crippen molar-refractivity contribution in [3.8, 4) is 0 Å². The number of Topliss-reactive ketones (excluding diaryl/α,β-unsaturated/α-hetero) is 1. The number of carbonyl (C=O) groups is 2. The number of likely N-dealkylation sites (tertiary alicyclic amines) is 2. The number of nitrogens with zero attached hydrogens (tertiary/aromatic N) is 6. The van der Waals surface area contributed by atoms with Crippen LogP contribution in [-0.4, -0.2) is 85.6 Å². The fourth-order valence-electron chi connectivity index (χ4n) is 5.66. The molecule has 0 aliphatic carbocycles. The normalized spacial score (nSPS) is 18.0. The molecule has 0 bridgehead atoms. The monoisotopic (exact) mass is 587 g/mol.